The number of aromatic nitrogens is 4. The van der Waals surface area contributed by atoms with E-state index in [1.165, 1.54) is 6.33 Å². The van der Waals surface area contributed by atoms with Gasteiger partial charge in [-0.15, -0.1) is 0 Å². The number of nitrogens with zero attached hydrogens (tertiary/aromatic N) is 4. The van der Waals surface area contributed by atoms with Gasteiger partial charge in [-0.3, -0.25) is 0 Å². The van der Waals surface area contributed by atoms with Gasteiger partial charge in [-0.2, -0.15) is 0 Å². The zero-order valence-electron chi connectivity index (χ0n) is 7.42. The predicted octanol–water partition coefficient (Wildman–Crippen LogP) is -0.701. The van der Waals surface area contributed by atoms with E-state index in [-0.39, 0.29) is 0 Å². The average molecular weight is 194 g/mol. The Morgan fingerprint density at radius 3 is 3.00 bits per heavy atom. The number of imidazole rings is 1. The van der Waals surface area contributed by atoms with Crippen LogP contribution in [0.5, 0.6) is 0 Å². The lowest BCUT2D eigenvalue weighted by Gasteiger charge is -2.01. The molecular formula is C7H10N6O. The number of fused-ring (bicyclic) bond motifs is 1. The van der Waals surface area contributed by atoms with Crippen molar-refractivity contribution in [3.63, 3.8) is 0 Å². The number of hydrogen-bond donors (Lipinski definition) is 2. The molecule has 0 bridgehead atoms. The Morgan fingerprint density at radius 1 is 1.36 bits per heavy atom. The van der Waals surface area contributed by atoms with Crippen LogP contribution in [0.15, 0.2) is 12.7 Å². The summed E-state index contributed by atoms with van der Waals surface area (Å²) in [5.41, 5.74) is 6.91. The number of hydrogen-bond acceptors (Lipinski definition) is 6. The maximum atomic E-state index is 5.62. The molecule has 14 heavy (non-hydrogen) atoms. The van der Waals surface area contributed by atoms with E-state index in [2.05, 4.69) is 19.8 Å². The monoisotopic (exact) mass is 194 g/mol. The molecule has 0 aliphatic carbocycles. The summed E-state index contributed by atoms with van der Waals surface area (Å²) in [6, 6.07) is 0. The molecule has 7 nitrogen and oxygen atoms in total. The molecule has 7 heteroatoms. The van der Waals surface area contributed by atoms with Gasteiger partial charge in [0.15, 0.2) is 11.5 Å². The van der Waals surface area contributed by atoms with Crippen molar-refractivity contribution in [3.8, 4) is 0 Å². The molecule has 0 radical (unpaired) electrons. The molecule has 74 valence electrons. The normalized spacial score (nSPS) is 10.9. The van der Waals surface area contributed by atoms with Gasteiger partial charge >= 0.3 is 0 Å². The van der Waals surface area contributed by atoms with E-state index in [9.17, 15) is 0 Å². The highest BCUT2D eigenvalue weighted by Gasteiger charge is 2.06. The maximum absolute atomic E-state index is 5.62. The van der Waals surface area contributed by atoms with Crippen molar-refractivity contribution in [1.82, 2.24) is 19.5 Å². The SMILES string of the molecule is NOCCn1cnc2c(N)ncnc21. The number of anilines is 1. The first-order valence-corrected chi connectivity index (χ1v) is 4.06. The van der Waals surface area contributed by atoms with E-state index in [4.69, 9.17) is 11.6 Å². The summed E-state index contributed by atoms with van der Waals surface area (Å²) >= 11 is 0. The van der Waals surface area contributed by atoms with E-state index >= 15 is 0 Å². The van der Waals surface area contributed by atoms with Crippen molar-refractivity contribution >= 4 is 17.0 Å². The molecule has 4 N–H and O–H groups in total. The maximum Gasteiger partial charge on any atom is 0.165 e. The zero-order valence-corrected chi connectivity index (χ0v) is 7.42. The van der Waals surface area contributed by atoms with Crippen LogP contribution in [0.1, 0.15) is 0 Å². The highest BCUT2D eigenvalue weighted by Crippen LogP contribution is 2.13. The van der Waals surface area contributed by atoms with Crippen molar-refractivity contribution < 1.29 is 4.84 Å². The van der Waals surface area contributed by atoms with Crippen molar-refractivity contribution in [2.45, 2.75) is 6.54 Å². The van der Waals surface area contributed by atoms with E-state index < -0.39 is 0 Å². The minimum atomic E-state index is 0.377. The topological polar surface area (TPSA) is 105 Å². The van der Waals surface area contributed by atoms with E-state index in [1.54, 1.807) is 10.9 Å². The lowest BCUT2D eigenvalue weighted by molar-refractivity contribution is 0.130. The standard InChI is InChI=1S/C7H10N6O/c8-6-5-7(11-3-10-6)13(4-12-5)1-2-14-9/h3-4H,1-2,9H2,(H2,8,10,11). The lowest BCUT2D eigenvalue weighted by Crippen LogP contribution is -2.09. The average Bonchev–Trinajstić information content (AvgIpc) is 2.60. The summed E-state index contributed by atoms with van der Waals surface area (Å²) in [4.78, 5) is 16.5. The summed E-state index contributed by atoms with van der Waals surface area (Å²) in [5.74, 6) is 5.31. The molecule has 0 spiro atoms. The van der Waals surface area contributed by atoms with E-state index in [0.29, 0.717) is 30.1 Å². The summed E-state index contributed by atoms with van der Waals surface area (Å²) in [6.45, 7) is 0.985. The van der Waals surface area contributed by atoms with Crippen molar-refractivity contribution in [2.24, 2.45) is 5.90 Å². The summed E-state index contributed by atoms with van der Waals surface area (Å²) in [6.07, 6.45) is 3.04. The summed E-state index contributed by atoms with van der Waals surface area (Å²) in [5, 5.41) is 0. The number of nitrogen functional groups attached to an aromatic ring is 1. The molecule has 0 fully saturated rings. The second-order valence-electron chi connectivity index (χ2n) is 2.74. The largest absolute Gasteiger partial charge is 0.382 e. The molecule has 0 saturated carbocycles. The number of rotatable bonds is 3. The fourth-order valence-electron chi connectivity index (χ4n) is 1.21. The second kappa shape index (κ2) is 3.56. The van der Waals surface area contributed by atoms with Gasteiger partial charge in [-0.25, -0.2) is 20.8 Å². The quantitative estimate of drug-likeness (QED) is 0.626. The Balaban J connectivity index is 2.42. The first-order valence-electron chi connectivity index (χ1n) is 4.06. The zero-order chi connectivity index (χ0) is 9.97. The van der Waals surface area contributed by atoms with Crippen LogP contribution in [0.25, 0.3) is 11.2 Å². The first kappa shape index (κ1) is 8.85. The van der Waals surface area contributed by atoms with Gasteiger partial charge in [0.2, 0.25) is 0 Å². The Kier molecular flexibility index (Phi) is 2.25. The third-order valence-electron chi connectivity index (χ3n) is 1.88. The minimum Gasteiger partial charge on any atom is -0.382 e. The third-order valence-corrected chi connectivity index (χ3v) is 1.88. The Hall–Kier alpha value is -1.73. The smallest absolute Gasteiger partial charge is 0.165 e. The first-order chi connectivity index (χ1) is 6.83. The van der Waals surface area contributed by atoms with Crippen LogP contribution in [-0.2, 0) is 11.4 Å². The van der Waals surface area contributed by atoms with Crippen LogP contribution in [0, 0.1) is 0 Å². The fourth-order valence-corrected chi connectivity index (χ4v) is 1.21. The van der Waals surface area contributed by atoms with Crippen LogP contribution in [-0.4, -0.2) is 26.1 Å². The molecule has 0 amide bonds. The van der Waals surface area contributed by atoms with E-state index in [1.807, 2.05) is 0 Å². The van der Waals surface area contributed by atoms with Crippen molar-refractivity contribution in [1.29, 1.82) is 0 Å². The van der Waals surface area contributed by atoms with Crippen LogP contribution < -0.4 is 11.6 Å². The lowest BCUT2D eigenvalue weighted by atomic mass is 10.5. The van der Waals surface area contributed by atoms with Gasteiger partial charge in [0.05, 0.1) is 19.5 Å². The van der Waals surface area contributed by atoms with Crippen LogP contribution in [0.4, 0.5) is 5.82 Å². The van der Waals surface area contributed by atoms with E-state index in [0.717, 1.165) is 0 Å². The molecule has 0 atom stereocenters. The van der Waals surface area contributed by atoms with Crippen LogP contribution in [0.2, 0.25) is 0 Å². The fraction of sp³-hybridized carbons (Fsp3) is 0.286. The van der Waals surface area contributed by atoms with Gasteiger partial charge < -0.3 is 15.1 Å². The predicted molar refractivity (Wildman–Crippen MR) is 49.9 cm³/mol. The van der Waals surface area contributed by atoms with Crippen LogP contribution in [0.3, 0.4) is 0 Å². The number of nitrogens with two attached hydrogens (primary N) is 2. The van der Waals surface area contributed by atoms with Gasteiger partial charge in [-0.05, 0) is 0 Å². The minimum absolute atomic E-state index is 0.377. The molecule has 2 heterocycles. The third kappa shape index (κ3) is 1.38. The highest BCUT2D eigenvalue weighted by atomic mass is 16.6. The summed E-state index contributed by atoms with van der Waals surface area (Å²) in [7, 11) is 0. The van der Waals surface area contributed by atoms with Gasteiger partial charge in [0, 0.05) is 0 Å². The Labute approximate surface area is 79.7 Å². The second-order valence-corrected chi connectivity index (χ2v) is 2.74. The molecular weight excluding hydrogens is 184 g/mol. The molecule has 2 rings (SSSR count). The molecule has 0 aliphatic rings. The van der Waals surface area contributed by atoms with Gasteiger partial charge in [0.1, 0.15) is 11.8 Å². The Bertz CT molecular complexity index is 439. The van der Waals surface area contributed by atoms with Gasteiger partial charge in [0.25, 0.3) is 0 Å². The molecule has 0 saturated heterocycles. The van der Waals surface area contributed by atoms with Crippen molar-refractivity contribution in [2.75, 3.05) is 12.3 Å². The summed E-state index contributed by atoms with van der Waals surface area (Å²) < 4.78 is 1.81. The Morgan fingerprint density at radius 2 is 2.21 bits per heavy atom. The van der Waals surface area contributed by atoms with Gasteiger partial charge in [-0.1, -0.05) is 0 Å². The molecule has 0 unspecified atom stereocenters. The van der Waals surface area contributed by atoms with Crippen LogP contribution >= 0.6 is 0 Å². The highest BCUT2D eigenvalue weighted by molar-refractivity contribution is 5.80. The molecule has 2 aromatic rings. The molecule has 2 aromatic heterocycles. The molecule has 0 aliphatic heterocycles. The van der Waals surface area contributed by atoms with Crippen molar-refractivity contribution in [3.05, 3.63) is 12.7 Å². The molecule has 0 aromatic carbocycles.